The largest absolute Gasteiger partial charge is 0.462 e. The second-order valence-electron chi connectivity index (χ2n) is 15.0. The van der Waals surface area contributed by atoms with Gasteiger partial charge in [-0.15, -0.1) is 0 Å². The van der Waals surface area contributed by atoms with Crippen LogP contribution < -0.4 is 0 Å². The second kappa shape index (κ2) is 45.3. The van der Waals surface area contributed by atoms with E-state index in [4.69, 9.17) is 14.2 Å². The van der Waals surface area contributed by atoms with Crippen LogP contribution in [0.15, 0.2) is 85.1 Å². The van der Waals surface area contributed by atoms with Crippen LogP contribution >= 0.6 is 0 Å². The van der Waals surface area contributed by atoms with Crippen molar-refractivity contribution in [1.29, 1.82) is 0 Å². The van der Waals surface area contributed by atoms with Crippen LogP contribution in [0.3, 0.4) is 0 Å². The van der Waals surface area contributed by atoms with Crippen LogP contribution in [0.5, 0.6) is 0 Å². The lowest BCUT2D eigenvalue weighted by atomic mass is 10.1. The topological polar surface area (TPSA) is 78.9 Å². The summed E-state index contributed by atoms with van der Waals surface area (Å²) < 4.78 is 16.6. The van der Waals surface area contributed by atoms with E-state index in [2.05, 4.69) is 57.2 Å². The van der Waals surface area contributed by atoms with Crippen molar-refractivity contribution in [1.82, 2.24) is 0 Å². The van der Waals surface area contributed by atoms with Gasteiger partial charge in [0.1, 0.15) is 13.2 Å². The predicted octanol–water partition coefficient (Wildman–Crippen LogP) is 14.9. The van der Waals surface area contributed by atoms with Gasteiger partial charge in [-0.2, -0.15) is 0 Å². The Hall–Kier alpha value is -3.41. The highest BCUT2D eigenvalue weighted by atomic mass is 16.6. The minimum Gasteiger partial charge on any atom is -0.462 e. The van der Waals surface area contributed by atoms with Gasteiger partial charge in [-0.1, -0.05) is 183 Å². The zero-order chi connectivity index (χ0) is 41.5. The van der Waals surface area contributed by atoms with E-state index in [1.54, 1.807) is 0 Å². The molecule has 0 aromatic carbocycles. The van der Waals surface area contributed by atoms with Crippen molar-refractivity contribution in [3.63, 3.8) is 0 Å². The first-order valence-corrected chi connectivity index (χ1v) is 23.2. The Morgan fingerprint density at radius 3 is 1.21 bits per heavy atom. The van der Waals surface area contributed by atoms with Crippen molar-refractivity contribution < 1.29 is 28.6 Å². The third kappa shape index (κ3) is 43.6. The first-order valence-electron chi connectivity index (χ1n) is 23.2. The van der Waals surface area contributed by atoms with Gasteiger partial charge in [0.25, 0.3) is 0 Å². The molecule has 0 spiro atoms. The number of esters is 3. The van der Waals surface area contributed by atoms with Crippen LogP contribution in [-0.2, 0) is 28.6 Å². The quantitative estimate of drug-likeness (QED) is 0.0202. The molecule has 1 atom stereocenters. The Bertz CT molecular complexity index is 1140. The molecule has 0 aromatic heterocycles. The summed E-state index contributed by atoms with van der Waals surface area (Å²) in [5.41, 5.74) is 0. The standard InChI is InChI=1S/C51H84O6/c1-4-7-10-13-16-19-21-23-25-27-29-32-35-38-41-44-50(53)56-47-48(46-55-49(52)43-40-37-34-31-18-15-12-9-6-3)57-51(54)45-42-39-36-33-30-28-26-24-22-20-17-14-11-8-5-2/h7,10,13,16,19-23,25,27,29,31,34,48H,4-6,8-9,11-12,14-15,17-18,24,26,28,30,32-33,35-47H2,1-3H3/b10-7-,16-13-,21-19-,22-20-,25-23-,29-27-,34-31-. The molecule has 0 amide bonds. The SMILES string of the molecule is CC\C=C/C=C\C=C/C=C\C=C/CCCCCC(=O)OCC(COC(=O)CCC/C=C\CCCCCC)OC(=O)CCCCCCCCC/C=C\CCCCCC. The van der Waals surface area contributed by atoms with E-state index < -0.39 is 6.10 Å². The molecule has 6 nitrogen and oxygen atoms in total. The summed E-state index contributed by atoms with van der Waals surface area (Å²) in [6.45, 7) is 6.36. The highest BCUT2D eigenvalue weighted by Crippen LogP contribution is 2.13. The second-order valence-corrected chi connectivity index (χ2v) is 15.0. The van der Waals surface area contributed by atoms with Gasteiger partial charge in [0.2, 0.25) is 0 Å². The van der Waals surface area contributed by atoms with Crippen LogP contribution in [0.1, 0.15) is 201 Å². The number of carbonyl (C=O) groups excluding carboxylic acids is 3. The molecule has 0 aliphatic heterocycles. The molecule has 57 heavy (non-hydrogen) atoms. The first-order chi connectivity index (χ1) is 28.0. The highest BCUT2D eigenvalue weighted by molar-refractivity contribution is 5.71. The minimum absolute atomic E-state index is 0.108. The maximum absolute atomic E-state index is 12.7. The zero-order valence-corrected chi connectivity index (χ0v) is 36.8. The minimum atomic E-state index is -0.805. The number of ether oxygens (including phenoxy) is 3. The molecule has 0 rings (SSSR count). The van der Waals surface area contributed by atoms with Crippen LogP contribution in [0, 0.1) is 0 Å². The van der Waals surface area contributed by atoms with Crippen molar-refractivity contribution in [3.05, 3.63) is 85.1 Å². The highest BCUT2D eigenvalue weighted by Gasteiger charge is 2.19. The van der Waals surface area contributed by atoms with E-state index in [1.807, 2.05) is 48.6 Å². The summed E-state index contributed by atoms with van der Waals surface area (Å²) in [5, 5.41) is 0. The van der Waals surface area contributed by atoms with Gasteiger partial charge in [0, 0.05) is 19.3 Å². The lowest BCUT2D eigenvalue weighted by Gasteiger charge is -2.18. The molecule has 6 heteroatoms. The van der Waals surface area contributed by atoms with E-state index in [0.29, 0.717) is 25.7 Å². The van der Waals surface area contributed by atoms with Crippen molar-refractivity contribution in [3.8, 4) is 0 Å². The number of allylic oxidation sites excluding steroid dienone is 14. The fourth-order valence-electron chi connectivity index (χ4n) is 5.99. The third-order valence-electron chi connectivity index (χ3n) is 9.48. The normalized spacial score (nSPS) is 12.8. The summed E-state index contributed by atoms with van der Waals surface area (Å²) in [6.07, 6.45) is 57.1. The molecule has 1 unspecified atom stereocenters. The molecule has 0 heterocycles. The van der Waals surface area contributed by atoms with E-state index in [0.717, 1.165) is 64.2 Å². The van der Waals surface area contributed by atoms with Crippen molar-refractivity contribution in [2.24, 2.45) is 0 Å². The molecule has 0 bridgehead atoms. The van der Waals surface area contributed by atoms with Crippen molar-refractivity contribution in [2.75, 3.05) is 13.2 Å². The lowest BCUT2D eigenvalue weighted by molar-refractivity contribution is -0.167. The zero-order valence-electron chi connectivity index (χ0n) is 36.8. The average Bonchev–Trinajstić information content (AvgIpc) is 3.21. The fraction of sp³-hybridized carbons (Fsp3) is 0.667. The molecule has 0 aromatic rings. The molecule has 0 N–H and O–H groups in total. The molecule has 0 aliphatic carbocycles. The van der Waals surface area contributed by atoms with Crippen molar-refractivity contribution in [2.45, 2.75) is 207 Å². The number of hydrogen-bond donors (Lipinski definition) is 0. The Labute approximate surface area is 350 Å². The van der Waals surface area contributed by atoms with Gasteiger partial charge >= 0.3 is 17.9 Å². The molecular formula is C51H84O6. The average molecular weight is 793 g/mol. The number of hydrogen-bond acceptors (Lipinski definition) is 6. The molecule has 0 saturated heterocycles. The van der Waals surface area contributed by atoms with Gasteiger partial charge in [-0.3, -0.25) is 14.4 Å². The number of rotatable bonds is 40. The van der Waals surface area contributed by atoms with Crippen molar-refractivity contribution >= 4 is 17.9 Å². The molecule has 0 fully saturated rings. The van der Waals surface area contributed by atoms with Gasteiger partial charge < -0.3 is 14.2 Å². The molecule has 0 aliphatic rings. The smallest absolute Gasteiger partial charge is 0.306 e. The summed E-state index contributed by atoms with van der Waals surface area (Å²) in [4.78, 5) is 37.7. The summed E-state index contributed by atoms with van der Waals surface area (Å²) in [5.74, 6) is -0.995. The summed E-state index contributed by atoms with van der Waals surface area (Å²) >= 11 is 0. The molecular weight excluding hydrogens is 709 g/mol. The van der Waals surface area contributed by atoms with Gasteiger partial charge in [-0.05, 0) is 83.5 Å². The number of carbonyl (C=O) groups is 3. The monoisotopic (exact) mass is 793 g/mol. The van der Waals surface area contributed by atoms with Gasteiger partial charge in [-0.25, -0.2) is 0 Å². The van der Waals surface area contributed by atoms with Gasteiger partial charge in [0.15, 0.2) is 6.10 Å². The van der Waals surface area contributed by atoms with Crippen LogP contribution in [-0.4, -0.2) is 37.2 Å². The number of unbranched alkanes of at least 4 members (excludes halogenated alkanes) is 19. The Morgan fingerprint density at radius 2 is 0.719 bits per heavy atom. The van der Waals surface area contributed by atoms with E-state index in [9.17, 15) is 14.4 Å². The predicted molar refractivity (Wildman–Crippen MR) is 242 cm³/mol. The van der Waals surface area contributed by atoms with Crippen LogP contribution in [0.4, 0.5) is 0 Å². The Balaban J connectivity index is 4.48. The molecule has 0 radical (unpaired) electrons. The Morgan fingerprint density at radius 1 is 0.368 bits per heavy atom. The van der Waals surface area contributed by atoms with E-state index in [-0.39, 0.29) is 31.1 Å². The lowest BCUT2D eigenvalue weighted by Crippen LogP contribution is -2.30. The first kappa shape index (κ1) is 53.6. The summed E-state index contributed by atoms with van der Waals surface area (Å²) in [7, 11) is 0. The van der Waals surface area contributed by atoms with Crippen LogP contribution in [0.25, 0.3) is 0 Å². The van der Waals surface area contributed by atoms with Crippen LogP contribution in [0.2, 0.25) is 0 Å². The maximum atomic E-state index is 12.7. The van der Waals surface area contributed by atoms with E-state index >= 15 is 0 Å². The van der Waals surface area contributed by atoms with E-state index in [1.165, 1.54) is 89.9 Å². The molecule has 0 saturated carbocycles. The molecule has 324 valence electrons. The Kier molecular flexibility index (Phi) is 42.6. The van der Waals surface area contributed by atoms with Gasteiger partial charge in [0.05, 0.1) is 0 Å². The third-order valence-corrected chi connectivity index (χ3v) is 9.48. The summed E-state index contributed by atoms with van der Waals surface area (Å²) in [6, 6.07) is 0. The maximum Gasteiger partial charge on any atom is 0.306 e. The fourth-order valence-corrected chi connectivity index (χ4v) is 5.99.